The van der Waals surface area contributed by atoms with E-state index in [9.17, 15) is 26.4 Å². The SMILES string of the molecule is O=C(NCCCC(F)(F)F)c1ccc(N=Nc2ccc(S(=O)(=O)O)cc2)cc1. The molecule has 11 heteroatoms. The van der Waals surface area contributed by atoms with Crippen LogP contribution in [0.1, 0.15) is 23.2 Å². The van der Waals surface area contributed by atoms with Crippen LogP contribution in [-0.2, 0) is 10.1 Å². The van der Waals surface area contributed by atoms with Gasteiger partial charge in [-0.15, -0.1) is 0 Å². The predicted molar refractivity (Wildman–Crippen MR) is 94.5 cm³/mol. The number of amides is 1. The highest BCUT2D eigenvalue weighted by Gasteiger charge is 2.26. The van der Waals surface area contributed by atoms with Crippen LogP contribution < -0.4 is 5.32 Å². The molecule has 28 heavy (non-hydrogen) atoms. The Morgan fingerprint density at radius 2 is 1.46 bits per heavy atom. The standard InChI is InChI=1S/C17H16F3N3O4S/c18-17(19,20)10-1-11-21-16(24)12-2-4-13(5-3-12)22-23-14-6-8-15(9-7-14)28(25,26)27/h2-9H,1,10-11H2,(H,21,24)(H,25,26,27). The summed E-state index contributed by atoms with van der Waals surface area (Å²) in [4.78, 5) is 11.6. The van der Waals surface area contributed by atoms with Gasteiger partial charge in [-0.25, -0.2) is 0 Å². The van der Waals surface area contributed by atoms with E-state index in [4.69, 9.17) is 4.55 Å². The molecule has 2 aromatic carbocycles. The highest BCUT2D eigenvalue weighted by atomic mass is 32.2. The molecule has 0 aliphatic rings. The van der Waals surface area contributed by atoms with Gasteiger partial charge >= 0.3 is 6.18 Å². The number of nitrogens with one attached hydrogen (secondary N) is 1. The monoisotopic (exact) mass is 415 g/mol. The maximum absolute atomic E-state index is 12.0. The van der Waals surface area contributed by atoms with Crippen molar-refractivity contribution in [2.45, 2.75) is 23.9 Å². The quantitative estimate of drug-likeness (QED) is 0.396. The highest BCUT2D eigenvalue weighted by Crippen LogP contribution is 2.22. The maximum Gasteiger partial charge on any atom is 0.389 e. The number of azo groups is 1. The lowest BCUT2D eigenvalue weighted by Crippen LogP contribution is -2.25. The summed E-state index contributed by atoms with van der Waals surface area (Å²) in [6.45, 7) is -0.0840. The topological polar surface area (TPSA) is 108 Å². The fraction of sp³-hybridized carbons (Fsp3) is 0.235. The van der Waals surface area contributed by atoms with Crippen LogP contribution in [0.5, 0.6) is 0 Å². The number of carbonyl (C=O) groups is 1. The third-order valence-electron chi connectivity index (χ3n) is 3.47. The second kappa shape index (κ2) is 8.93. The highest BCUT2D eigenvalue weighted by molar-refractivity contribution is 7.85. The van der Waals surface area contributed by atoms with Gasteiger partial charge in [0.15, 0.2) is 0 Å². The van der Waals surface area contributed by atoms with Gasteiger partial charge in [0, 0.05) is 18.5 Å². The van der Waals surface area contributed by atoms with Gasteiger partial charge in [0.25, 0.3) is 16.0 Å². The lowest BCUT2D eigenvalue weighted by molar-refractivity contribution is -0.135. The van der Waals surface area contributed by atoms with Crippen molar-refractivity contribution < 1.29 is 30.9 Å². The van der Waals surface area contributed by atoms with Crippen LogP contribution >= 0.6 is 0 Å². The zero-order valence-electron chi connectivity index (χ0n) is 14.3. The summed E-state index contributed by atoms with van der Waals surface area (Å²) in [7, 11) is -4.28. The molecule has 2 rings (SSSR count). The molecule has 1 amide bonds. The summed E-state index contributed by atoms with van der Waals surface area (Å²) >= 11 is 0. The van der Waals surface area contributed by atoms with Crippen LogP contribution in [0.25, 0.3) is 0 Å². The number of hydrogen-bond donors (Lipinski definition) is 2. The Balaban J connectivity index is 1.91. The molecule has 0 aromatic heterocycles. The van der Waals surface area contributed by atoms with Gasteiger partial charge in [0.2, 0.25) is 0 Å². The first-order valence-electron chi connectivity index (χ1n) is 7.99. The number of halogens is 3. The van der Waals surface area contributed by atoms with E-state index in [0.717, 1.165) is 0 Å². The third kappa shape index (κ3) is 7.08. The fourth-order valence-electron chi connectivity index (χ4n) is 2.07. The molecule has 0 unspecified atom stereocenters. The lowest BCUT2D eigenvalue weighted by atomic mass is 10.2. The summed E-state index contributed by atoms with van der Waals surface area (Å²) in [5, 5.41) is 10.2. The second-order valence-corrected chi connectivity index (χ2v) is 7.11. The molecule has 0 fully saturated rings. The molecular weight excluding hydrogens is 399 g/mol. The van der Waals surface area contributed by atoms with Gasteiger partial charge in [0.1, 0.15) is 0 Å². The Morgan fingerprint density at radius 3 is 1.93 bits per heavy atom. The van der Waals surface area contributed by atoms with Crippen molar-refractivity contribution in [2.24, 2.45) is 10.2 Å². The van der Waals surface area contributed by atoms with E-state index in [0.29, 0.717) is 11.4 Å². The summed E-state index contributed by atoms with van der Waals surface area (Å²) in [6.07, 6.45) is -5.40. The molecule has 0 bridgehead atoms. The van der Waals surface area contributed by atoms with E-state index in [2.05, 4.69) is 15.5 Å². The van der Waals surface area contributed by atoms with Crippen molar-refractivity contribution in [1.29, 1.82) is 0 Å². The average molecular weight is 415 g/mol. The number of benzene rings is 2. The Kier molecular flexibility index (Phi) is 6.86. The van der Waals surface area contributed by atoms with Crippen LogP contribution in [0.15, 0.2) is 63.7 Å². The smallest absolute Gasteiger partial charge is 0.352 e. The summed E-state index contributed by atoms with van der Waals surface area (Å²) in [5.41, 5.74) is 1.02. The number of alkyl halides is 3. The van der Waals surface area contributed by atoms with Gasteiger partial charge in [0.05, 0.1) is 16.3 Å². The summed E-state index contributed by atoms with van der Waals surface area (Å²) < 4.78 is 66.9. The molecule has 2 N–H and O–H groups in total. The van der Waals surface area contributed by atoms with E-state index in [-0.39, 0.29) is 23.4 Å². The normalized spacial score (nSPS) is 12.3. The van der Waals surface area contributed by atoms with Crippen LogP contribution in [0, 0.1) is 0 Å². The molecule has 150 valence electrons. The van der Waals surface area contributed by atoms with Crippen molar-refractivity contribution in [2.75, 3.05) is 6.54 Å². The summed E-state index contributed by atoms with van der Waals surface area (Å²) in [6, 6.07) is 11.0. The van der Waals surface area contributed by atoms with Gasteiger partial charge in [-0.1, -0.05) is 0 Å². The average Bonchev–Trinajstić information content (AvgIpc) is 2.62. The molecule has 0 aliphatic carbocycles. The zero-order chi connectivity index (χ0) is 20.8. The first kappa shape index (κ1) is 21.5. The number of rotatable bonds is 7. The van der Waals surface area contributed by atoms with Gasteiger partial charge in [-0.2, -0.15) is 31.8 Å². The van der Waals surface area contributed by atoms with Crippen LogP contribution in [0.2, 0.25) is 0 Å². The Hall–Kier alpha value is -2.79. The Labute approximate surface area is 159 Å². The molecule has 0 spiro atoms. The first-order chi connectivity index (χ1) is 13.0. The van der Waals surface area contributed by atoms with E-state index in [1.54, 1.807) is 0 Å². The molecule has 0 aliphatic heterocycles. The number of hydrogen-bond acceptors (Lipinski definition) is 5. The minimum Gasteiger partial charge on any atom is -0.352 e. The van der Waals surface area contributed by atoms with Crippen LogP contribution in [0.3, 0.4) is 0 Å². The minimum atomic E-state index is -4.28. The van der Waals surface area contributed by atoms with Gasteiger partial charge in [-0.05, 0) is 55.0 Å². The van der Waals surface area contributed by atoms with Crippen LogP contribution in [0.4, 0.5) is 24.5 Å². The third-order valence-corrected chi connectivity index (χ3v) is 4.34. The second-order valence-electron chi connectivity index (χ2n) is 5.69. The van der Waals surface area contributed by atoms with E-state index in [1.165, 1.54) is 48.5 Å². The van der Waals surface area contributed by atoms with Crippen LogP contribution in [-0.4, -0.2) is 31.6 Å². The molecule has 0 saturated heterocycles. The maximum atomic E-state index is 12.0. The molecular formula is C17H16F3N3O4S. The number of carbonyl (C=O) groups excluding carboxylic acids is 1. The lowest BCUT2D eigenvalue weighted by Gasteiger charge is -2.07. The number of nitrogens with zero attached hydrogens (tertiary/aromatic N) is 2. The fourth-order valence-corrected chi connectivity index (χ4v) is 2.55. The summed E-state index contributed by atoms with van der Waals surface area (Å²) in [5.74, 6) is -0.494. The molecule has 0 radical (unpaired) electrons. The molecule has 2 aromatic rings. The van der Waals surface area contributed by atoms with Crippen molar-refractivity contribution >= 4 is 27.4 Å². The molecule has 0 atom stereocenters. The molecule has 0 heterocycles. The Bertz CT molecular complexity index is 941. The van der Waals surface area contributed by atoms with Gasteiger partial charge in [-0.3, -0.25) is 9.35 Å². The molecule has 7 nitrogen and oxygen atoms in total. The predicted octanol–water partition coefficient (Wildman–Crippen LogP) is 4.42. The van der Waals surface area contributed by atoms with Crippen molar-refractivity contribution in [1.82, 2.24) is 5.32 Å². The first-order valence-corrected chi connectivity index (χ1v) is 9.43. The van der Waals surface area contributed by atoms with Crippen molar-refractivity contribution in [3.63, 3.8) is 0 Å². The van der Waals surface area contributed by atoms with E-state index >= 15 is 0 Å². The van der Waals surface area contributed by atoms with Crippen molar-refractivity contribution in [3.05, 3.63) is 54.1 Å². The largest absolute Gasteiger partial charge is 0.389 e. The van der Waals surface area contributed by atoms with Crippen molar-refractivity contribution in [3.8, 4) is 0 Å². The Morgan fingerprint density at radius 1 is 0.964 bits per heavy atom. The zero-order valence-corrected chi connectivity index (χ0v) is 15.2. The minimum absolute atomic E-state index is 0.0840. The van der Waals surface area contributed by atoms with E-state index < -0.39 is 28.6 Å². The van der Waals surface area contributed by atoms with E-state index in [1.807, 2.05) is 0 Å². The molecule has 0 saturated carbocycles. The van der Waals surface area contributed by atoms with Gasteiger partial charge < -0.3 is 5.32 Å².